The van der Waals surface area contributed by atoms with Gasteiger partial charge in [-0.15, -0.1) is 0 Å². The van der Waals surface area contributed by atoms with Crippen LogP contribution in [0.3, 0.4) is 0 Å². The first kappa shape index (κ1) is 15.5. The van der Waals surface area contributed by atoms with Gasteiger partial charge in [-0.05, 0) is 47.5 Å². The number of aryl methyl sites for hydroxylation is 1. The Hall–Kier alpha value is -1.86. The van der Waals surface area contributed by atoms with Crippen LogP contribution in [-0.4, -0.2) is 22.7 Å². The first-order chi connectivity index (χ1) is 10.1. The number of nitrogens with two attached hydrogens (primary N) is 1. The normalized spacial score (nSPS) is 10.5. The number of hydrogen-bond acceptors (Lipinski definition) is 4. The van der Waals surface area contributed by atoms with Gasteiger partial charge < -0.3 is 4.74 Å². The van der Waals surface area contributed by atoms with Crippen LogP contribution in [0.5, 0.6) is 5.75 Å². The van der Waals surface area contributed by atoms with Crippen molar-refractivity contribution in [2.75, 3.05) is 6.61 Å². The average Bonchev–Trinajstić information content (AvgIpc) is 2.87. The summed E-state index contributed by atoms with van der Waals surface area (Å²) in [5.74, 6) is 5.60. The van der Waals surface area contributed by atoms with E-state index in [1.54, 1.807) is 6.92 Å². The number of rotatable bonds is 5. The molecule has 2 aromatic rings. The van der Waals surface area contributed by atoms with Gasteiger partial charge >= 0.3 is 0 Å². The number of aromatic nitrogens is 2. The van der Waals surface area contributed by atoms with Crippen LogP contribution in [0.1, 0.15) is 29.4 Å². The predicted molar refractivity (Wildman–Crippen MR) is 83.9 cm³/mol. The fourth-order valence-electron chi connectivity index (χ4n) is 1.97. The molecule has 0 aliphatic carbocycles. The van der Waals surface area contributed by atoms with Crippen molar-refractivity contribution in [3.05, 3.63) is 33.9 Å². The highest BCUT2D eigenvalue weighted by atomic mass is 79.9. The lowest BCUT2D eigenvalue weighted by Gasteiger charge is -2.09. The minimum atomic E-state index is -0.376. The summed E-state index contributed by atoms with van der Waals surface area (Å²) in [6.07, 6.45) is 0.938. The third-order valence-corrected chi connectivity index (χ3v) is 3.59. The van der Waals surface area contributed by atoms with Crippen molar-refractivity contribution in [3.63, 3.8) is 0 Å². The number of ether oxygens (including phenoxy) is 1. The van der Waals surface area contributed by atoms with Gasteiger partial charge in [0.15, 0.2) is 0 Å². The summed E-state index contributed by atoms with van der Waals surface area (Å²) in [5, 5.41) is 6.99. The zero-order valence-electron chi connectivity index (χ0n) is 11.9. The quantitative estimate of drug-likeness (QED) is 0.438. The lowest BCUT2D eigenvalue weighted by atomic mass is 10.1. The Balaban J connectivity index is 2.39. The third kappa shape index (κ3) is 3.25. The van der Waals surface area contributed by atoms with Crippen LogP contribution >= 0.6 is 15.9 Å². The smallest absolute Gasteiger partial charge is 0.269 e. The Kier molecular flexibility index (Phi) is 4.98. The van der Waals surface area contributed by atoms with Gasteiger partial charge in [-0.25, -0.2) is 5.84 Å². The van der Waals surface area contributed by atoms with Crippen LogP contribution in [0.15, 0.2) is 22.7 Å². The second kappa shape index (κ2) is 6.73. The summed E-state index contributed by atoms with van der Waals surface area (Å²) < 4.78 is 6.42. The van der Waals surface area contributed by atoms with E-state index in [9.17, 15) is 4.79 Å². The van der Waals surface area contributed by atoms with Crippen LogP contribution in [0.25, 0.3) is 11.3 Å². The van der Waals surface area contributed by atoms with E-state index >= 15 is 0 Å². The molecular formula is C14H17BrN4O2. The molecule has 1 heterocycles. The van der Waals surface area contributed by atoms with Gasteiger partial charge in [0.25, 0.3) is 5.91 Å². The molecule has 1 aromatic heterocycles. The third-order valence-electron chi connectivity index (χ3n) is 2.97. The van der Waals surface area contributed by atoms with Crippen LogP contribution in [0.4, 0.5) is 0 Å². The number of carbonyl (C=O) groups excluding carboxylic acids is 1. The van der Waals surface area contributed by atoms with Crippen LogP contribution < -0.4 is 16.0 Å². The lowest BCUT2D eigenvalue weighted by molar-refractivity contribution is 0.0954. The van der Waals surface area contributed by atoms with E-state index in [0.717, 1.165) is 22.2 Å². The van der Waals surface area contributed by atoms with Crippen LogP contribution in [0, 0.1) is 6.92 Å². The van der Waals surface area contributed by atoms with Crippen LogP contribution in [0.2, 0.25) is 0 Å². The summed E-state index contributed by atoms with van der Waals surface area (Å²) >= 11 is 3.47. The molecule has 2 rings (SSSR count). The maximum absolute atomic E-state index is 11.9. The number of nitrogen functional groups attached to an aromatic ring is 1. The number of nitrogens with one attached hydrogen (secondary N) is 2. The second-order valence-electron chi connectivity index (χ2n) is 4.54. The fourth-order valence-corrected chi connectivity index (χ4v) is 2.46. The maximum Gasteiger partial charge on any atom is 0.269 e. The van der Waals surface area contributed by atoms with E-state index in [0.29, 0.717) is 23.6 Å². The Bertz CT molecular complexity index is 654. The van der Waals surface area contributed by atoms with Gasteiger partial charge in [-0.1, -0.05) is 6.92 Å². The molecule has 0 radical (unpaired) electrons. The highest BCUT2D eigenvalue weighted by molar-refractivity contribution is 9.10. The molecule has 6 nitrogen and oxygen atoms in total. The first-order valence-corrected chi connectivity index (χ1v) is 7.36. The Labute approximate surface area is 131 Å². The van der Waals surface area contributed by atoms with E-state index < -0.39 is 0 Å². The first-order valence-electron chi connectivity index (χ1n) is 6.57. The Morgan fingerprint density at radius 2 is 2.29 bits per heavy atom. The second-order valence-corrected chi connectivity index (χ2v) is 5.39. The number of aromatic amines is 1. The summed E-state index contributed by atoms with van der Waals surface area (Å²) in [4.78, 5) is 11.9. The van der Waals surface area contributed by atoms with Gasteiger partial charge in [0, 0.05) is 11.3 Å². The van der Waals surface area contributed by atoms with Gasteiger partial charge in [0.1, 0.15) is 11.4 Å². The van der Waals surface area contributed by atoms with Crippen molar-refractivity contribution in [2.24, 2.45) is 5.84 Å². The van der Waals surface area contributed by atoms with Crippen molar-refractivity contribution >= 4 is 21.8 Å². The van der Waals surface area contributed by atoms with E-state index in [1.807, 2.05) is 25.1 Å². The summed E-state index contributed by atoms with van der Waals surface area (Å²) in [5.41, 5.74) is 4.59. The predicted octanol–water partition coefficient (Wildman–Crippen LogP) is 2.54. The summed E-state index contributed by atoms with van der Waals surface area (Å²) in [7, 11) is 0. The van der Waals surface area contributed by atoms with E-state index in [-0.39, 0.29) is 5.91 Å². The van der Waals surface area contributed by atoms with Crippen molar-refractivity contribution in [1.29, 1.82) is 0 Å². The number of nitrogens with zero attached hydrogens (tertiary/aromatic N) is 1. The molecule has 0 unspecified atom stereocenters. The van der Waals surface area contributed by atoms with E-state index in [1.165, 1.54) is 0 Å². The number of benzene rings is 1. The number of hydrazine groups is 1. The van der Waals surface area contributed by atoms with Gasteiger partial charge in [-0.3, -0.25) is 15.3 Å². The monoisotopic (exact) mass is 352 g/mol. The highest BCUT2D eigenvalue weighted by Gasteiger charge is 2.19. The number of carbonyl (C=O) groups is 1. The molecular weight excluding hydrogens is 336 g/mol. The number of H-pyrrole nitrogens is 1. The molecule has 0 bridgehead atoms. The molecule has 21 heavy (non-hydrogen) atoms. The SMILES string of the molecule is CCCOc1ccc(-c2n[nH]c(C)c2C(=O)NN)cc1Br. The largest absolute Gasteiger partial charge is 0.492 e. The Morgan fingerprint density at radius 3 is 2.90 bits per heavy atom. The molecule has 4 N–H and O–H groups in total. The summed E-state index contributed by atoms with van der Waals surface area (Å²) in [6, 6.07) is 5.58. The molecule has 0 fully saturated rings. The maximum atomic E-state index is 11.9. The molecule has 1 amide bonds. The topological polar surface area (TPSA) is 93.0 Å². The minimum absolute atomic E-state index is 0.376. The average molecular weight is 353 g/mol. The molecule has 112 valence electrons. The number of amides is 1. The molecule has 0 aliphatic rings. The standard InChI is InChI=1S/C14H17BrN4O2/c1-3-6-21-11-5-4-9(7-10(11)15)13-12(14(20)17-16)8(2)18-19-13/h4-5,7H,3,6,16H2,1-2H3,(H,17,20)(H,18,19). The minimum Gasteiger partial charge on any atom is -0.492 e. The van der Waals surface area contributed by atoms with E-state index in [2.05, 4.69) is 31.6 Å². The van der Waals surface area contributed by atoms with Gasteiger partial charge in [0.2, 0.25) is 0 Å². The Morgan fingerprint density at radius 1 is 1.52 bits per heavy atom. The fraction of sp³-hybridized carbons (Fsp3) is 0.286. The molecule has 7 heteroatoms. The van der Waals surface area contributed by atoms with Gasteiger partial charge in [0.05, 0.1) is 16.6 Å². The number of halogens is 1. The van der Waals surface area contributed by atoms with Crippen molar-refractivity contribution in [2.45, 2.75) is 20.3 Å². The molecule has 0 aliphatic heterocycles. The number of hydrogen-bond donors (Lipinski definition) is 3. The summed E-state index contributed by atoms with van der Waals surface area (Å²) in [6.45, 7) is 4.47. The van der Waals surface area contributed by atoms with Crippen molar-refractivity contribution in [3.8, 4) is 17.0 Å². The molecule has 0 atom stereocenters. The van der Waals surface area contributed by atoms with E-state index in [4.69, 9.17) is 10.6 Å². The highest BCUT2D eigenvalue weighted by Crippen LogP contribution is 2.32. The zero-order valence-corrected chi connectivity index (χ0v) is 13.5. The lowest BCUT2D eigenvalue weighted by Crippen LogP contribution is -2.30. The van der Waals surface area contributed by atoms with Gasteiger partial charge in [-0.2, -0.15) is 5.10 Å². The molecule has 0 saturated carbocycles. The molecule has 1 aromatic carbocycles. The molecule has 0 saturated heterocycles. The van der Waals surface area contributed by atoms with Crippen molar-refractivity contribution < 1.29 is 9.53 Å². The van der Waals surface area contributed by atoms with Crippen LogP contribution in [-0.2, 0) is 0 Å². The zero-order chi connectivity index (χ0) is 15.4. The molecule has 0 spiro atoms. The van der Waals surface area contributed by atoms with Crippen molar-refractivity contribution in [1.82, 2.24) is 15.6 Å².